The standard InChI is InChI=1S/C15H23NS/c1-5-17(6-2,12-16)11-14-7-9-15(10-8-14)13(3)4/h7-10,13H,5-6,11H2,1-4H3. The van der Waals surface area contributed by atoms with Crippen molar-refractivity contribution in [3.8, 4) is 5.40 Å². The normalized spacial score (nSPS) is 12.5. The van der Waals surface area contributed by atoms with Crippen LogP contribution in [0.4, 0.5) is 0 Å². The van der Waals surface area contributed by atoms with Gasteiger partial charge in [0.15, 0.2) is 0 Å². The first-order valence-electron chi connectivity index (χ1n) is 6.33. The summed E-state index contributed by atoms with van der Waals surface area (Å²) >= 11 is 0. The molecule has 0 spiro atoms. The molecule has 1 nitrogen and oxygen atoms in total. The minimum absolute atomic E-state index is 0.578. The average molecular weight is 249 g/mol. The molecule has 0 heterocycles. The van der Waals surface area contributed by atoms with Crippen molar-refractivity contribution in [3.05, 3.63) is 35.4 Å². The highest BCUT2D eigenvalue weighted by Crippen LogP contribution is 2.49. The van der Waals surface area contributed by atoms with Crippen LogP contribution in [0.2, 0.25) is 0 Å². The number of thiocyanates is 1. The highest BCUT2D eigenvalue weighted by atomic mass is 32.3. The Bertz CT molecular complexity index is 382. The third kappa shape index (κ3) is 3.51. The molecule has 17 heavy (non-hydrogen) atoms. The molecule has 0 atom stereocenters. The Balaban J connectivity index is 2.85. The SMILES string of the molecule is CCS(C#N)(CC)Cc1ccc(C(C)C)cc1. The van der Waals surface area contributed by atoms with E-state index in [9.17, 15) is 5.26 Å². The van der Waals surface area contributed by atoms with E-state index in [1.807, 2.05) is 0 Å². The zero-order valence-electron chi connectivity index (χ0n) is 11.4. The zero-order valence-corrected chi connectivity index (χ0v) is 12.2. The molecule has 0 saturated carbocycles. The van der Waals surface area contributed by atoms with Crippen molar-refractivity contribution in [2.75, 3.05) is 11.5 Å². The number of nitrogens with zero attached hydrogens (tertiary/aromatic N) is 1. The van der Waals surface area contributed by atoms with Gasteiger partial charge in [-0.25, -0.2) is 0 Å². The lowest BCUT2D eigenvalue weighted by atomic mass is 10.0. The van der Waals surface area contributed by atoms with Gasteiger partial charge in [-0.1, -0.05) is 52.0 Å². The Labute approximate surface area is 107 Å². The summed E-state index contributed by atoms with van der Waals surface area (Å²) in [5.74, 6) is 3.54. The topological polar surface area (TPSA) is 23.8 Å². The minimum Gasteiger partial charge on any atom is -0.187 e. The summed E-state index contributed by atoms with van der Waals surface area (Å²) in [4.78, 5) is 0. The molecule has 0 unspecified atom stereocenters. The summed E-state index contributed by atoms with van der Waals surface area (Å²) in [5.41, 5.74) is 2.69. The van der Waals surface area contributed by atoms with Crippen LogP contribution in [0.1, 0.15) is 44.7 Å². The second-order valence-electron chi connectivity index (χ2n) is 4.75. The molecule has 0 amide bonds. The fourth-order valence-corrected chi connectivity index (χ4v) is 3.86. The van der Waals surface area contributed by atoms with E-state index in [4.69, 9.17) is 0 Å². The second kappa shape index (κ2) is 6.12. The van der Waals surface area contributed by atoms with E-state index in [2.05, 4.69) is 57.4 Å². The molecule has 0 aliphatic rings. The summed E-state index contributed by atoms with van der Waals surface area (Å²) in [6.45, 7) is 8.70. The Morgan fingerprint density at radius 1 is 1.12 bits per heavy atom. The summed E-state index contributed by atoms with van der Waals surface area (Å²) in [5, 5.41) is 12.0. The van der Waals surface area contributed by atoms with Crippen molar-refractivity contribution in [2.24, 2.45) is 0 Å². The first-order chi connectivity index (χ1) is 8.06. The predicted molar refractivity (Wildman–Crippen MR) is 78.5 cm³/mol. The average Bonchev–Trinajstić information content (AvgIpc) is 2.37. The predicted octanol–water partition coefficient (Wildman–Crippen LogP) is 4.64. The summed E-state index contributed by atoms with van der Waals surface area (Å²) in [7, 11) is -1.09. The molecule has 0 aromatic heterocycles. The number of hydrogen-bond acceptors (Lipinski definition) is 1. The highest BCUT2D eigenvalue weighted by Gasteiger charge is 2.19. The third-order valence-electron chi connectivity index (χ3n) is 3.39. The minimum atomic E-state index is -1.09. The molecular weight excluding hydrogens is 226 g/mol. The van der Waals surface area contributed by atoms with Gasteiger partial charge in [0.1, 0.15) is 5.40 Å². The van der Waals surface area contributed by atoms with Crippen LogP contribution in [-0.4, -0.2) is 11.5 Å². The molecule has 1 aromatic rings. The summed E-state index contributed by atoms with van der Waals surface area (Å²) in [6, 6.07) is 8.79. The lowest BCUT2D eigenvalue weighted by molar-refractivity contribution is 0.866. The third-order valence-corrected chi connectivity index (χ3v) is 6.87. The van der Waals surface area contributed by atoms with Crippen molar-refractivity contribution < 1.29 is 0 Å². The van der Waals surface area contributed by atoms with Crippen molar-refractivity contribution in [2.45, 2.75) is 39.4 Å². The Morgan fingerprint density at radius 2 is 1.65 bits per heavy atom. The largest absolute Gasteiger partial charge is 0.187 e. The fraction of sp³-hybridized carbons (Fsp3) is 0.533. The van der Waals surface area contributed by atoms with Crippen LogP contribution >= 0.6 is 10.0 Å². The zero-order chi connectivity index (χ0) is 12.9. The van der Waals surface area contributed by atoms with Crippen molar-refractivity contribution in [3.63, 3.8) is 0 Å². The van der Waals surface area contributed by atoms with Gasteiger partial charge in [0.05, 0.1) is 0 Å². The van der Waals surface area contributed by atoms with Gasteiger partial charge < -0.3 is 0 Å². The van der Waals surface area contributed by atoms with E-state index in [1.54, 1.807) is 0 Å². The van der Waals surface area contributed by atoms with Gasteiger partial charge in [-0.05, 0) is 28.6 Å². The van der Waals surface area contributed by atoms with Crippen molar-refractivity contribution >= 4 is 10.0 Å². The first kappa shape index (κ1) is 14.1. The lowest BCUT2D eigenvalue weighted by Gasteiger charge is -2.29. The first-order valence-corrected chi connectivity index (χ1v) is 8.47. The van der Waals surface area contributed by atoms with Crippen LogP contribution in [-0.2, 0) is 5.75 Å². The Morgan fingerprint density at radius 3 is 2.00 bits per heavy atom. The van der Waals surface area contributed by atoms with Crippen LogP contribution in [0.3, 0.4) is 0 Å². The van der Waals surface area contributed by atoms with E-state index in [0.29, 0.717) is 5.92 Å². The second-order valence-corrected chi connectivity index (χ2v) is 8.47. The molecular formula is C15H23NS. The maximum atomic E-state index is 9.37. The smallest absolute Gasteiger partial charge is 0.113 e. The quantitative estimate of drug-likeness (QED) is 0.698. The maximum Gasteiger partial charge on any atom is 0.113 e. The Kier molecular flexibility index (Phi) is 5.08. The molecule has 0 aliphatic heterocycles. The van der Waals surface area contributed by atoms with Crippen LogP contribution in [0, 0.1) is 10.7 Å². The van der Waals surface area contributed by atoms with Crippen LogP contribution in [0.25, 0.3) is 0 Å². The van der Waals surface area contributed by atoms with Gasteiger partial charge in [-0.3, -0.25) is 0 Å². The van der Waals surface area contributed by atoms with Crippen LogP contribution < -0.4 is 0 Å². The fourth-order valence-electron chi connectivity index (χ4n) is 1.89. The van der Waals surface area contributed by atoms with Gasteiger partial charge in [-0.15, -0.1) is 10.0 Å². The molecule has 94 valence electrons. The van der Waals surface area contributed by atoms with E-state index in [1.165, 1.54) is 11.1 Å². The van der Waals surface area contributed by atoms with Crippen molar-refractivity contribution in [1.29, 1.82) is 5.26 Å². The molecule has 0 fully saturated rings. The molecule has 1 aromatic carbocycles. The van der Waals surface area contributed by atoms with Crippen molar-refractivity contribution in [1.82, 2.24) is 0 Å². The van der Waals surface area contributed by atoms with Crippen LogP contribution in [0.5, 0.6) is 0 Å². The van der Waals surface area contributed by atoms with E-state index < -0.39 is 10.0 Å². The number of hydrogen-bond donors (Lipinski definition) is 0. The van der Waals surface area contributed by atoms with E-state index in [0.717, 1.165) is 17.3 Å². The summed E-state index contributed by atoms with van der Waals surface area (Å²) in [6.07, 6.45) is 0. The van der Waals surface area contributed by atoms with E-state index >= 15 is 0 Å². The van der Waals surface area contributed by atoms with Gasteiger partial charge in [0.2, 0.25) is 0 Å². The molecule has 2 heteroatoms. The number of nitriles is 1. The van der Waals surface area contributed by atoms with Gasteiger partial charge in [0.25, 0.3) is 0 Å². The number of rotatable bonds is 5. The summed E-state index contributed by atoms with van der Waals surface area (Å²) < 4.78 is 0. The monoisotopic (exact) mass is 249 g/mol. The van der Waals surface area contributed by atoms with Gasteiger partial charge in [0, 0.05) is 5.75 Å². The molecule has 1 rings (SSSR count). The molecule has 0 saturated heterocycles. The number of benzene rings is 1. The Hall–Kier alpha value is -0.940. The lowest BCUT2D eigenvalue weighted by Crippen LogP contribution is -2.06. The van der Waals surface area contributed by atoms with Crippen LogP contribution in [0.15, 0.2) is 24.3 Å². The molecule has 0 bridgehead atoms. The molecule has 0 N–H and O–H groups in total. The molecule has 0 radical (unpaired) electrons. The highest BCUT2D eigenvalue weighted by molar-refractivity contribution is 8.36. The van der Waals surface area contributed by atoms with Gasteiger partial charge in [-0.2, -0.15) is 5.26 Å². The maximum absolute atomic E-state index is 9.37. The molecule has 0 aliphatic carbocycles. The van der Waals surface area contributed by atoms with E-state index in [-0.39, 0.29) is 0 Å². The van der Waals surface area contributed by atoms with Gasteiger partial charge >= 0.3 is 0 Å².